The third kappa shape index (κ3) is 4.81. The highest BCUT2D eigenvalue weighted by Crippen LogP contribution is 2.30. The third-order valence-corrected chi connectivity index (χ3v) is 5.47. The van der Waals surface area contributed by atoms with Gasteiger partial charge in [0.05, 0.1) is 10.6 Å². The molecule has 4 nitrogen and oxygen atoms in total. The lowest BCUT2D eigenvalue weighted by Gasteiger charge is -2.16. The van der Waals surface area contributed by atoms with Crippen molar-refractivity contribution in [1.82, 2.24) is 0 Å². The number of anilines is 1. The van der Waals surface area contributed by atoms with E-state index in [4.69, 9.17) is 16.3 Å². The van der Waals surface area contributed by atoms with E-state index in [9.17, 15) is 9.90 Å². The lowest BCUT2D eigenvalue weighted by atomic mass is 10.0. The molecule has 0 saturated carbocycles. The van der Waals surface area contributed by atoms with Gasteiger partial charge in [-0.25, -0.2) is 4.79 Å². The average Bonchev–Trinajstić information content (AvgIpc) is 2.77. The molecule has 4 aromatic rings. The smallest absolute Gasteiger partial charge is 0.337 e. The third-order valence-electron chi connectivity index (χ3n) is 5.14. The van der Waals surface area contributed by atoms with Gasteiger partial charge in [0.2, 0.25) is 0 Å². The summed E-state index contributed by atoms with van der Waals surface area (Å²) in [4.78, 5) is 11.4. The first-order valence-corrected chi connectivity index (χ1v) is 10.3. The summed E-state index contributed by atoms with van der Waals surface area (Å²) in [5.41, 5.74) is 4.06. The molecule has 0 radical (unpaired) electrons. The van der Waals surface area contributed by atoms with Gasteiger partial charge in [-0.2, -0.15) is 0 Å². The van der Waals surface area contributed by atoms with Crippen LogP contribution in [0.1, 0.15) is 27.0 Å². The molecule has 0 aliphatic carbocycles. The normalized spacial score (nSPS) is 10.8. The molecule has 0 amide bonds. The molecule has 0 saturated heterocycles. The number of carboxylic acid groups (broad SMARTS) is 1. The lowest BCUT2D eigenvalue weighted by molar-refractivity contribution is 0.0697. The lowest BCUT2D eigenvalue weighted by Crippen LogP contribution is -2.06. The molecule has 4 rings (SSSR count). The molecule has 0 aromatic heterocycles. The molecule has 0 aliphatic heterocycles. The molecule has 2 N–H and O–H groups in total. The molecule has 0 heterocycles. The van der Waals surface area contributed by atoms with E-state index in [0.29, 0.717) is 18.8 Å². The van der Waals surface area contributed by atoms with Crippen molar-refractivity contribution in [1.29, 1.82) is 0 Å². The van der Waals surface area contributed by atoms with Gasteiger partial charge in [0, 0.05) is 17.8 Å². The van der Waals surface area contributed by atoms with Crippen molar-refractivity contribution in [2.24, 2.45) is 0 Å². The van der Waals surface area contributed by atoms with E-state index in [-0.39, 0.29) is 10.6 Å². The Morgan fingerprint density at radius 3 is 2.65 bits per heavy atom. The molecule has 0 aliphatic rings. The first-order valence-electron chi connectivity index (χ1n) is 9.97. The van der Waals surface area contributed by atoms with Crippen molar-refractivity contribution >= 4 is 34.0 Å². The van der Waals surface area contributed by atoms with Crippen LogP contribution in [0.4, 0.5) is 5.69 Å². The number of aromatic carboxylic acids is 1. The van der Waals surface area contributed by atoms with Crippen molar-refractivity contribution in [3.05, 3.63) is 106 Å². The number of aryl methyl sites for hydroxylation is 1. The number of ether oxygens (including phenoxy) is 1. The van der Waals surface area contributed by atoms with Gasteiger partial charge >= 0.3 is 5.97 Å². The predicted molar refractivity (Wildman–Crippen MR) is 125 cm³/mol. The number of rotatable bonds is 7. The van der Waals surface area contributed by atoms with E-state index >= 15 is 0 Å². The fraction of sp³-hybridized carbons (Fsp3) is 0.115. The Labute approximate surface area is 186 Å². The van der Waals surface area contributed by atoms with E-state index in [1.165, 1.54) is 5.56 Å². The molecule has 156 valence electrons. The number of hydrogen-bond acceptors (Lipinski definition) is 3. The average molecular weight is 432 g/mol. The van der Waals surface area contributed by atoms with Crippen molar-refractivity contribution in [3.63, 3.8) is 0 Å². The summed E-state index contributed by atoms with van der Waals surface area (Å²) in [7, 11) is 0. The predicted octanol–water partition coefficient (Wildman–Crippen LogP) is 6.69. The van der Waals surface area contributed by atoms with E-state index < -0.39 is 5.97 Å². The minimum absolute atomic E-state index is 0.0699. The molecular formula is C26H22ClNO3. The van der Waals surface area contributed by atoms with Crippen LogP contribution in [0.2, 0.25) is 5.02 Å². The second kappa shape index (κ2) is 9.11. The van der Waals surface area contributed by atoms with Crippen LogP contribution in [0.25, 0.3) is 10.8 Å². The van der Waals surface area contributed by atoms with Crippen molar-refractivity contribution in [2.75, 3.05) is 5.32 Å². The minimum Gasteiger partial charge on any atom is -0.489 e. The minimum atomic E-state index is -1.05. The van der Waals surface area contributed by atoms with Crippen LogP contribution >= 0.6 is 11.6 Å². The highest BCUT2D eigenvalue weighted by Gasteiger charge is 2.12. The van der Waals surface area contributed by atoms with Gasteiger partial charge in [-0.15, -0.1) is 0 Å². The van der Waals surface area contributed by atoms with Crippen LogP contribution in [-0.2, 0) is 13.2 Å². The Kier molecular flexibility index (Phi) is 6.10. The van der Waals surface area contributed by atoms with Crippen LogP contribution in [-0.4, -0.2) is 11.1 Å². The monoisotopic (exact) mass is 431 g/mol. The highest BCUT2D eigenvalue weighted by molar-refractivity contribution is 6.33. The maximum atomic E-state index is 11.4. The highest BCUT2D eigenvalue weighted by atomic mass is 35.5. The van der Waals surface area contributed by atoms with Crippen LogP contribution in [0.15, 0.2) is 78.9 Å². The summed E-state index contributed by atoms with van der Waals surface area (Å²) in [6, 6.07) is 25.3. The summed E-state index contributed by atoms with van der Waals surface area (Å²) >= 11 is 5.99. The fourth-order valence-corrected chi connectivity index (χ4v) is 3.78. The Hall–Kier alpha value is -3.50. The maximum Gasteiger partial charge on any atom is 0.337 e. The zero-order chi connectivity index (χ0) is 21.8. The molecule has 0 fully saturated rings. The van der Waals surface area contributed by atoms with E-state index in [0.717, 1.165) is 27.6 Å². The van der Waals surface area contributed by atoms with Gasteiger partial charge in [0.25, 0.3) is 0 Å². The van der Waals surface area contributed by atoms with Gasteiger partial charge in [0.1, 0.15) is 12.4 Å². The van der Waals surface area contributed by atoms with E-state index in [1.54, 1.807) is 18.2 Å². The summed E-state index contributed by atoms with van der Waals surface area (Å²) in [5.74, 6) is -0.263. The molecular weight excluding hydrogens is 410 g/mol. The van der Waals surface area contributed by atoms with Gasteiger partial charge < -0.3 is 15.2 Å². The molecule has 0 unspecified atom stereocenters. The van der Waals surface area contributed by atoms with Crippen LogP contribution in [0.3, 0.4) is 0 Å². The van der Waals surface area contributed by atoms with E-state index in [1.807, 2.05) is 30.3 Å². The molecule has 5 heteroatoms. The summed E-state index contributed by atoms with van der Waals surface area (Å²) < 4.78 is 6.20. The molecule has 0 atom stereocenters. The molecule has 0 spiro atoms. The van der Waals surface area contributed by atoms with Gasteiger partial charge in [-0.05, 0) is 47.5 Å². The topological polar surface area (TPSA) is 58.6 Å². The fourth-order valence-electron chi connectivity index (χ4n) is 3.59. The quantitative estimate of drug-likeness (QED) is 0.342. The van der Waals surface area contributed by atoms with Crippen LogP contribution < -0.4 is 10.1 Å². The standard InChI is InChI=1S/C26H22ClNO3/c1-17-5-4-6-18(13-17)16-31-25-12-9-19-7-2-3-8-21(19)23(25)15-28-20-10-11-24(27)22(14-20)26(29)30/h2-14,28H,15-16H2,1H3,(H,29,30). The number of carboxylic acids is 1. The molecule has 4 aromatic carbocycles. The van der Waals surface area contributed by atoms with Crippen LogP contribution in [0.5, 0.6) is 5.75 Å². The Balaban J connectivity index is 1.62. The number of benzene rings is 4. The number of hydrogen-bond donors (Lipinski definition) is 2. The SMILES string of the molecule is Cc1cccc(COc2ccc3ccccc3c2CNc2ccc(Cl)c(C(=O)O)c2)c1. The zero-order valence-corrected chi connectivity index (χ0v) is 17.8. The van der Waals surface area contributed by atoms with Crippen LogP contribution in [0, 0.1) is 6.92 Å². The molecule has 0 bridgehead atoms. The van der Waals surface area contributed by atoms with Gasteiger partial charge in [-0.3, -0.25) is 0 Å². The first kappa shape index (κ1) is 20.8. The summed E-state index contributed by atoms with van der Waals surface area (Å²) in [6.45, 7) is 3.01. The van der Waals surface area contributed by atoms with Gasteiger partial charge in [0.15, 0.2) is 0 Å². The van der Waals surface area contributed by atoms with Crippen molar-refractivity contribution in [2.45, 2.75) is 20.1 Å². The number of carbonyl (C=O) groups is 1. The summed E-state index contributed by atoms with van der Waals surface area (Å²) in [6.07, 6.45) is 0. The Morgan fingerprint density at radius 2 is 1.84 bits per heavy atom. The number of nitrogens with one attached hydrogen (secondary N) is 1. The van der Waals surface area contributed by atoms with E-state index in [2.05, 4.69) is 42.6 Å². The number of fused-ring (bicyclic) bond motifs is 1. The van der Waals surface area contributed by atoms with Crippen molar-refractivity contribution < 1.29 is 14.6 Å². The molecule has 31 heavy (non-hydrogen) atoms. The van der Waals surface area contributed by atoms with Crippen molar-refractivity contribution in [3.8, 4) is 5.75 Å². The first-order chi connectivity index (χ1) is 15.0. The number of halogens is 1. The zero-order valence-electron chi connectivity index (χ0n) is 17.1. The summed E-state index contributed by atoms with van der Waals surface area (Å²) in [5, 5.41) is 15.1. The largest absolute Gasteiger partial charge is 0.489 e. The second-order valence-corrected chi connectivity index (χ2v) is 7.80. The Morgan fingerprint density at radius 1 is 1.00 bits per heavy atom. The second-order valence-electron chi connectivity index (χ2n) is 7.39. The van der Waals surface area contributed by atoms with Gasteiger partial charge in [-0.1, -0.05) is 71.8 Å². The maximum absolute atomic E-state index is 11.4. The Bertz CT molecular complexity index is 1250.